The number of nitro groups is 1. The van der Waals surface area contributed by atoms with E-state index in [0.29, 0.717) is 11.3 Å². The highest BCUT2D eigenvalue weighted by atomic mass is 79.9. The highest BCUT2D eigenvalue weighted by Crippen LogP contribution is 2.25. The Morgan fingerprint density at radius 1 is 1.09 bits per heavy atom. The Balaban J connectivity index is 2.40. The molecule has 0 aliphatic rings. The van der Waals surface area contributed by atoms with Crippen molar-refractivity contribution in [1.29, 1.82) is 0 Å². The largest absolute Gasteiger partial charge is 0.280 e. The molecule has 0 bridgehead atoms. The summed E-state index contributed by atoms with van der Waals surface area (Å²) in [6.45, 7) is 3.39. The molecule has 22 heavy (non-hydrogen) atoms. The lowest BCUT2D eigenvalue weighted by Crippen LogP contribution is -2.13. The minimum absolute atomic E-state index is 0.148. The average Bonchev–Trinajstić information content (AvgIpc) is 2.42. The Kier molecular flexibility index (Phi) is 4.52. The predicted octanol–water partition coefficient (Wildman–Crippen LogP) is 3.77. The molecule has 0 saturated carbocycles. The van der Waals surface area contributed by atoms with Crippen LogP contribution in [0.2, 0.25) is 0 Å². The van der Waals surface area contributed by atoms with Crippen LogP contribution in [0.4, 0.5) is 11.4 Å². The van der Waals surface area contributed by atoms with Gasteiger partial charge in [-0.3, -0.25) is 14.8 Å². The first-order valence-electron chi connectivity index (χ1n) is 6.25. The van der Waals surface area contributed by atoms with Crippen LogP contribution in [0.3, 0.4) is 0 Å². The Hall–Kier alpha value is -1.93. The van der Waals surface area contributed by atoms with Crippen molar-refractivity contribution in [3.05, 3.63) is 62.1 Å². The number of anilines is 1. The van der Waals surface area contributed by atoms with Crippen molar-refractivity contribution in [2.24, 2.45) is 0 Å². The molecule has 2 aromatic carbocycles. The number of hydrogen-bond acceptors (Lipinski definition) is 4. The molecule has 8 heteroatoms. The molecule has 0 atom stereocenters. The molecule has 2 aromatic rings. The predicted molar refractivity (Wildman–Crippen MR) is 87.5 cm³/mol. The SMILES string of the molecule is Cc1cc(NS(=O)(=O)c2ccc(C)c([N+](=O)[O-])c2)ccc1Br. The second kappa shape index (κ2) is 6.05. The van der Waals surface area contributed by atoms with E-state index in [1.54, 1.807) is 25.1 Å². The lowest BCUT2D eigenvalue weighted by molar-refractivity contribution is -0.385. The number of nitrogens with one attached hydrogen (secondary N) is 1. The highest BCUT2D eigenvalue weighted by molar-refractivity contribution is 9.10. The first-order valence-corrected chi connectivity index (χ1v) is 8.52. The summed E-state index contributed by atoms with van der Waals surface area (Å²) in [4.78, 5) is 10.2. The smallest absolute Gasteiger partial charge is 0.273 e. The number of halogens is 1. The van der Waals surface area contributed by atoms with Crippen LogP contribution in [0.15, 0.2) is 45.8 Å². The Morgan fingerprint density at radius 3 is 2.36 bits per heavy atom. The van der Waals surface area contributed by atoms with E-state index < -0.39 is 14.9 Å². The van der Waals surface area contributed by atoms with Crippen LogP contribution >= 0.6 is 15.9 Å². The van der Waals surface area contributed by atoms with Crippen LogP contribution in [-0.2, 0) is 10.0 Å². The van der Waals surface area contributed by atoms with Gasteiger partial charge in [-0.15, -0.1) is 0 Å². The first-order chi connectivity index (χ1) is 10.2. The van der Waals surface area contributed by atoms with Crippen molar-refractivity contribution < 1.29 is 13.3 Å². The number of aryl methyl sites for hydroxylation is 2. The summed E-state index contributed by atoms with van der Waals surface area (Å²) in [6, 6.07) is 8.82. The highest BCUT2D eigenvalue weighted by Gasteiger charge is 2.20. The van der Waals surface area contributed by atoms with Gasteiger partial charge in [-0.2, -0.15) is 0 Å². The summed E-state index contributed by atoms with van der Waals surface area (Å²) in [5.74, 6) is 0. The molecule has 0 unspecified atom stereocenters. The van der Waals surface area contributed by atoms with E-state index in [4.69, 9.17) is 0 Å². The standard InChI is InChI=1S/C14H13BrN2O4S/c1-9-3-5-12(8-14(9)17(18)19)22(20,21)16-11-4-6-13(15)10(2)7-11/h3-8,16H,1-2H3. The molecule has 0 aliphatic heterocycles. The minimum atomic E-state index is -3.89. The van der Waals surface area contributed by atoms with E-state index in [-0.39, 0.29) is 10.6 Å². The van der Waals surface area contributed by atoms with Crippen molar-refractivity contribution in [1.82, 2.24) is 0 Å². The molecule has 0 amide bonds. The lowest BCUT2D eigenvalue weighted by Gasteiger charge is -2.10. The van der Waals surface area contributed by atoms with Crippen LogP contribution in [0, 0.1) is 24.0 Å². The Morgan fingerprint density at radius 2 is 1.77 bits per heavy atom. The van der Waals surface area contributed by atoms with Gasteiger partial charge in [-0.25, -0.2) is 8.42 Å². The van der Waals surface area contributed by atoms with E-state index in [1.807, 2.05) is 6.92 Å². The van der Waals surface area contributed by atoms with Gasteiger partial charge in [0.15, 0.2) is 0 Å². The Bertz CT molecular complexity index is 850. The maximum absolute atomic E-state index is 12.3. The lowest BCUT2D eigenvalue weighted by atomic mass is 10.2. The number of nitrogens with zero attached hydrogens (tertiary/aromatic N) is 1. The van der Waals surface area contributed by atoms with E-state index in [1.165, 1.54) is 12.1 Å². The van der Waals surface area contributed by atoms with E-state index in [9.17, 15) is 18.5 Å². The zero-order chi connectivity index (χ0) is 16.5. The van der Waals surface area contributed by atoms with Gasteiger partial charge in [-0.1, -0.05) is 22.0 Å². The van der Waals surface area contributed by atoms with Crippen LogP contribution in [0.25, 0.3) is 0 Å². The third-order valence-corrected chi connectivity index (χ3v) is 5.37. The molecule has 0 aliphatic carbocycles. The fraction of sp³-hybridized carbons (Fsp3) is 0.143. The van der Waals surface area contributed by atoms with Crippen molar-refractivity contribution in [3.8, 4) is 0 Å². The van der Waals surface area contributed by atoms with E-state index in [0.717, 1.165) is 16.1 Å². The fourth-order valence-corrected chi connectivity index (χ4v) is 3.19. The average molecular weight is 385 g/mol. The molecule has 0 spiro atoms. The van der Waals surface area contributed by atoms with Gasteiger partial charge >= 0.3 is 0 Å². The normalized spacial score (nSPS) is 11.2. The number of sulfonamides is 1. The summed E-state index contributed by atoms with van der Waals surface area (Å²) in [6.07, 6.45) is 0. The topological polar surface area (TPSA) is 89.3 Å². The van der Waals surface area contributed by atoms with Gasteiger partial charge in [0.05, 0.1) is 9.82 Å². The number of hydrogen-bond donors (Lipinski definition) is 1. The third kappa shape index (κ3) is 3.45. The van der Waals surface area contributed by atoms with Gasteiger partial charge in [-0.05, 0) is 43.7 Å². The monoisotopic (exact) mass is 384 g/mol. The molecule has 1 N–H and O–H groups in total. The summed E-state index contributed by atoms with van der Waals surface area (Å²) >= 11 is 3.34. The van der Waals surface area contributed by atoms with Gasteiger partial charge < -0.3 is 0 Å². The third-order valence-electron chi connectivity index (χ3n) is 3.10. The number of nitro benzene ring substituents is 1. The molecule has 0 heterocycles. The van der Waals surface area contributed by atoms with Gasteiger partial charge in [0.25, 0.3) is 15.7 Å². The zero-order valence-corrected chi connectivity index (χ0v) is 14.2. The molecular weight excluding hydrogens is 372 g/mol. The quantitative estimate of drug-likeness (QED) is 0.641. The minimum Gasteiger partial charge on any atom is -0.280 e. The first kappa shape index (κ1) is 16.4. The summed E-state index contributed by atoms with van der Waals surface area (Å²) in [7, 11) is -3.89. The number of benzene rings is 2. The van der Waals surface area contributed by atoms with E-state index >= 15 is 0 Å². The fourth-order valence-electron chi connectivity index (χ4n) is 1.88. The van der Waals surface area contributed by atoms with Crippen molar-refractivity contribution in [2.45, 2.75) is 18.7 Å². The van der Waals surface area contributed by atoms with Crippen molar-refractivity contribution in [3.63, 3.8) is 0 Å². The van der Waals surface area contributed by atoms with Crippen molar-refractivity contribution >= 4 is 37.3 Å². The van der Waals surface area contributed by atoms with Crippen LogP contribution in [0.1, 0.15) is 11.1 Å². The molecule has 0 saturated heterocycles. The van der Waals surface area contributed by atoms with Gasteiger partial charge in [0.1, 0.15) is 0 Å². The molecule has 6 nitrogen and oxygen atoms in total. The second-order valence-corrected chi connectivity index (χ2v) is 7.31. The van der Waals surface area contributed by atoms with Crippen LogP contribution in [0.5, 0.6) is 0 Å². The number of rotatable bonds is 4. The molecule has 0 radical (unpaired) electrons. The van der Waals surface area contributed by atoms with Crippen molar-refractivity contribution in [2.75, 3.05) is 4.72 Å². The van der Waals surface area contributed by atoms with Crippen LogP contribution < -0.4 is 4.72 Å². The molecule has 0 fully saturated rings. The zero-order valence-electron chi connectivity index (χ0n) is 11.8. The maximum Gasteiger partial charge on any atom is 0.273 e. The Labute approximate surface area is 136 Å². The second-order valence-electron chi connectivity index (χ2n) is 4.77. The molecule has 2 rings (SSSR count). The summed E-state index contributed by atoms with van der Waals surface area (Å²) in [5, 5.41) is 10.9. The van der Waals surface area contributed by atoms with Gasteiger partial charge in [0, 0.05) is 21.8 Å². The van der Waals surface area contributed by atoms with Crippen LogP contribution in [-0.4, -0.2) is 13.3 Å². The molecule has 116 valence electrons. The molecule has 0 aromatic heterocycles. The summed E-state index contributed by atoms with van der Waals surface area (Å²) in [5.41, 5.74) is 1.44. The van der Waals surface area contributed by atoms with E-state index in [2.05, 4.69) is 20.7 Å². The van der Waals surface area contributed by atoms with Gasteiger partial charge in [0.2, 0.25) is 0 Å². The maximum atomic E-state index is 12.3. The summed E-state index contributed by atoms with van der Waals surface area (Å²) < 4.78 is 28.0. The molecular formula is C14H13BrN2O4S.